The average molecular weight is 428 g/mol. The van der Waals surface area contributed by atoms with E-state index >= 15 is 0 Å². The molecular formula is C17H22ClN5O4S. The van der Waals surface area contributed by atoms with E-state index in [1.165, 1.54) is 6.20 Å². The zero-order valence-corrected chi connectivity index (χ0v) is 17.1. The summed E-state index contributed by atoms with van der Waals surface area (Å²) in [6.07, 6.45) is 2.40. The molecule has 0 aromatic carbocycles. The fourth-order valence-electron chi connectivity index (χ4n) is 3.11. The molecule has 2 atom stereocenters. The van der Waals surface area contributed by atoms with E-state index in [1.807, 2.05) is 18.7 Å². The highest BCUT2D eigenvalue weighted by Crippen LogP contribution is 2.27. The zero-order chi connectivity index (χ0) is 20.3. The second-order valence-electron chi connectivity index (χ2n) is 6.33. The van der Waals surface area contributed by atoms with Gasteiger partial charge in [0.1, 0.15) is 4.88 Å². The molecule has 1 amide bonds. The second-order valence-corrected chi connectivity index (χ2v) is 7.70. The standard InChI is InChI=1S/C17H22ClN5O4S/c1-3-9-13(18)22-14(20-9)15(24)21-10-5-6-23(8-11(10)27-4-2)17-19-7-12(28-17)16(25)26/h7,10-11H,3-6,8H2,1-2H3,(H,20,22)(H,21,24)(H,25,26)/t10-,11+/m0/s1. The van der Waals surface area contributed by atoms with Gasteiger partial charge in [0.05, 0.1) is 24.0 Å². The van der Waals surface area contributed by atoms with Crippen molar-refractivity contribution >= 4 is 39.9 Å². The number of ether oxygens (including phenoxy) is 1. The van der Waals surface area contributed by atoms with Crippen LogP contribution in [-0.4, -0.2) is 63.8 Å². The molecule has 0 spiro atoms. The van der Waals surface area contributed by atoms with Crippen LogP contribution in [0.3, 0.4) is 0 Å². The molecule has 3 rings (SSSR count). The lowest BCUT2D eigenvalue weighted by atomic mass is 10.0. The number of carbonyl (C=O) groups is 2. The maximum atomic E-state index is 12.6. The van der Waals surface area contributed by atoms with Gasteiger partial charge in [-0.05, 0) is 19.8 Å². The molecule has 28 heavy (non-hydrogen) atoms. The molecular weight excluding hydrogens is 406 g/mol. The Labute approximate surface area is 171 Å². The minimum atomic E-state index is -0.990. The van der Waals surface area contributed by atoms with Gasteiger partial charge in [-0.2, -0.15) is 0 Å². The molecule has 11 heteroatoms. The maximum Gasteiger partial charge on any atom is 0.347 e. The Kier molecular flexibility index (Phi) is 6.53. The first-order valence-electron chi connectivity index (χ1n) is 9.03. The number of aromatic carboxylic acids is 1. The number of carbonyl (C=O) groups excluding carboxylic acids is 1. The Bertz CT molecular complexity index is 854. The molecule has 0 radical (unpaired) electrons. The predicted octanol–water partition coefficient (Wildman–Crippen LogP) is 2.19. The van der Waals surface area contributed by atoms with E-state index in [2.05, 4.69) is 20.3 Å². The third-order valence-corrected chi connectivity index (χ3v) is 5.89. The van der Waals surface area contributed by atoms with Crippen molar-refractivity contribution in [3.8, 4) is 0 Å². The minimum absolute atomic E-state index is 0.186. The van der Waals surface area contributed by atoms with Gasteiger partial charge in [0.25, 0.3) is 5.91 Å². The quantitative estimate of drug-likeness (QED) is 0.619. The SMILES string of the molecule is CCO[C@@H]1CN(c2ncc(C(=O)O)s2)CC[C@@H]1NC(=O)c1nc(Cl)c(CC)[nH]1. The van der Waals surface area contributed by atoms with Crippen LogP contribution in [0.15, 0.2) is 6.20 Å². The van der Waals surface area contributed by atoms with Crippen LogP contribution in [0.4, 0.5) is 5.13 Å². The summed E-state index contributed by atoms with van der Waals surface area (Å²) in [5.74, 6) is -1.13. The van der Waals surface area contributed by atoms with Crippen LogP contribution in [0.5, 0.6) is 0 Å². The first kappa shape index (κ1) is 20.6. The van der Waals surface area contributed by atoms with Crippen molar-refractivity contribution in [2.24, 2.45) is 0 Å². The number of aryl methyl sites for hydroxylation is 1. The molecule has 0 saturated carbocycles. The highest BCUT2D eigenvalue weighted by molar-refractivity contribution is 7.17. The molecule has 1 aliphatic rings. The number of anilines is 1. The van der Waals surface area contributed by atoms with Crippen molar-refractivity contribution in [3.63, 3.8) is 0 Å². The second kappa shape index (κ2) is 8.89. The smallest absolute Gasteiger partial charge is 0.347 e. The van der Waals surface area contributed by atoms with Crippen LogP contribution >= 0.6 is 22.9 Å². The molecule has 1 aliphatic heterocycles. The molecule has 0 bridgehead atoms. The number of carboxylic acids is 1. The van der Waals surface area contributed by atoms with Gasteiger partial charge in [0, 0.05) is 19.7 Å². The Morgan fingerprint density at radius 3 is 2.89 bits per heavy atom. The van der Waals surface area contributed by atoms with Gasteiger partial charge in [-0.1, -0.05) is 29.9 Å². The van der Waals surface area contributed by atoms with Crippen molar-refractivity contribution in [2.75, 3.05) is 24.6 Å². The molecule has 2 aromatic rings. The van der Waals surface area contributed by atoms with Crippen LogP contribution in [-0.2, 0) is 11.2 Å². The molecule has 0 aliphatic carbocycles. The van der Waals surface area contributed by atoms with Crippen molar-refractivity contribution in [1.82, 2.24) is 20.3 Å². The van der Waals surface area contributed by atoms with Crippen molar-refractivity contribution in [2.45, 2.75) is 38.8 Å². The normalized spacial score (nSPS) is 19.6. The Morgan fingerprint density at radius 2 is 2.29 bits per heavy atom. The van der Waals surface area contributed by atoms with E-state index in [0.717, 1.165) is 17.0 Å². The van der Waals surface area contributed by atoms with Gasteiger partial charge < -0.3 is 25.0 Å². The van der Waals surface area contributed by atoms with E-state index in [0.29, 0.717) is 42.8 Å². The van der Waals surface area contributed by atoms with Crippen molar-refractivity contribution < 1.29 is 19.4 Å². The maximum absolute atomic E-state index is 12.6. The van der Waals surface area contributed by atoms with E-state index in [9.17, 15) is 9.59 Å². The number of hydrogen-bond donors (Lipinski definition) is 3. The van der Waals surface area contributed by atoms with Gasteiger partial charge in [-0.15, -0.1) is 0 Å². The number of amides is 1. The molecule has 1 saturated heterocycles. The lowest BCUT2D eigenvalue weighted by Crippen LogP contribution is -2.55. The van der Waals surface area contributed by atoms with E-state index in [-0.39, 0.29) is 28.8 Å². The largest absolute Gasteiger partial charge is 0.477 e. The van der Waals surface area contributed by atoms with Crippen molar-refractivity contribution in [3.05, 3.63) is 27.7 Å². The summed E-state index contributed by atoms with van der Waals surface area (Å²) in [7, 11) is 0. The number of nitrogens with one attached hydrogen (secondary N) is 2. The number of carboxylic acid groups (broad SMARTS) is 1. The third kappa shape index (κ3) is 4.45. The van der Waals surface area contributed by atoms with Crippen LogP contribution < -0.4 is 10.2 Å². The fourth-order valence-corrected chi connectivity index (χ4v) is 4.17. The summed E-state index contributed by atoms with van der Waals surface area (Å²) in [6.45, 7) is 5.44. The van der Waals surface area contributed by atoms with Gasteiger partial charge in [-0.25, -0.2) is 14.8 Å². The molecule has 152 valence electrons. The summed E-state index contributed by atoms with van der Waals surface area (Å²) in [6, 6.07) is -0.198. The Hall–Kier alpha value is -2.17. The number of aromatic amines is 1. The van der Waals surface area contributed by atoms with Crippen molar-refractivity contribution in [1.29, 1.82) is 0 Å². The first-order valence-corrected chi connectivity index (χ1v) is 10.2. The molecule has 3 heterocycles. The summed E-state index contributed by atoms with van der Waals surface area (Å²) in [5, 5.41) is 13.0. The summed E-state index contributed by atoms with van der Waals surface area (Å²) < 4.78 is 5.84. The number of hydrogen-bond acceptors (Lipinski definition) is 7. The number of rotatable bonds is 7. The van der Waals surface area contributed by atoms with Crippen LogP contribution in [0.1, 0.15) is 46.3 Å². The molecule has 3 N–H and O–H groups in total. The topological polar surface area (TPSA) is 120 Å². The number of nitrogens with zero attached hydrogens (tertiary/aromatic N) is 3. The molecule has 9 nitrogen and oxygen atoms in total. The Morgan fingerprint density at radius 1 is 1.50 bits per heavy atom. The monoisotopic (exact) mass is 427 g/mol. The van der Waals surface area contributed by atoms with Gasteiger partial charge in [0.15, 0.2) is 16.1 Å². The van der Waals surface area contributed by atoms with E-state index in [1.54, 1.807) is 0 Å². The Balaban J connectivity index is 1.68. The highest BCUT2D eigenvalue weighted by atomic mass is 35.5. The lowest BCUT2D eigenvalue weighted by Gasteiger charge is -2.38. The van der Waals surface area contributed by atoms with E-state index < -0.39 is 5.97 Å². The van der Waals surface area contributed by atoms with Crippen LogP contribution in [0.25, 0.3) is 0 Å². The molecule has 2 aromatic heterocycles. The van der Waals surface area contributed by atoms with Gasteiger partial charge >= 0.3 is 5.97 Å². The van der Waals surface area contributed by atoms with Gasteiger partial charge in [0.2, 0.25) is 0 Å². The summed E-state index contributed by atoms with van der Waals surface area (Å²) >= 11 is 7.15. The van der Waals surface area contributed by atoms with Crippen LogP contribution in [0.2, 0.25) is 5.15 Å². The predicted molar refractivity (Wildman–Crippen MR) is 106 cm³/mol. The van der Waals surface area contributed by atoms with Gasteiger partial charge in [-0.3, -0.25) is 4.79 Å². The fraction of sp³-hybridized carbons (Fsp3) is 0.529. The number of halogens is 1. The summed E-state index contributed by atoms with van der Waals surface area (Å²) in [4.78, 5) is 37.1. The average Bonchev–Trinajstić information content (AvgIpc) is 3.30. The first-order chi connectivity index (χ1) is 13.4. The zero-order valence-electron chi connectivity index (χ0n) is 15.6. The van der Waals surface area contributed by atoms with Crippen LogP contribution in [0, 0.1) is 0 Å². The minimum Gasteiger partial charge on any atom is -0.477 e. The number of aromatic nitrogens is 3. The number of piperidine rings is 1. The lowest BCUT2D eigenvalue weighted by molar-refractivity contribution is 0.0271. The van der Waals surface area contributed by atoms with E-state index in [4.69, 9.17) is 21.4 Å². The summed E-state index contributed by atoms with van der Waals surface area (Å²) in [5.41, 5.74) is 0.723. The number of H-pyrrole nitrogens is 1. The molecule has 0 unspecified atom stereocenters. The highest BCUT2D eigenvalue weighted by Gasteiger charge is 2.33. The third-order valence-electron chi connectivity index (χ3n) is 4.53. The molecule has 1 fully saturated rings. The number of thiazole rings is 1. The number of imidazole rings is 1.